The van der Waals surface area contributed by atoms with Gasteiger partial charge >= 0.3 is 5.63 Å². The number of piperazine rings is 1. The largest absolute Gasteiger partial charge is 0.431 e. The normalized spacial score (nSPS) is 15.0. The second-order valence-electron chi connectivity index (χ2n) is 2.65. The fourth-order valence-electron chi connectivity index (χ4n) is 0.880. The first kappa shape index (κ1) is 10.5. The first-order chi connectivity index (χ1) is 6.79. The third kappa shape index (κ3) is 4.42. The molecule has 0 bridgehead atoms. The quantitative estimate of drug-likeness (QED) is 0.578. The van der Waals surface area contributed by atoms with Crippen molar-refractivity contribution < 1.29 is 9.21 Å². The lowest BCUT2D eigenvalue weighted by molar-refractivity contribution is -0.121. The van der Waals surface area contributed by atoms with Crippen molar-refractivity contribution in [2.75, 3.05) is 19.6 Å². The van der Waals surface area contributed by atoms with Gasteiger partial charge in [0.05, 0.1) is 12.8 Å². The molecule has 5 heteroatoms. The minimum Gasteiger partial charge on any atom is -0.431 e. The fraction of sp³-hybridized carbons (Fsp3) is 0.333. The molecule has 0 aliphatic carbocycles. The van der Waals surface area contributed by atoms with Crippen LogP contribution in [0.5, 0.6) is 0 Å². The van der Waals surface area contributed by atoms with Gasteiger partial charge in [0.1, 0.15) is 0 Å². The molecule has 0 spiro atoms. The van der Waals surface area contributed by atoms with Gasteiger partial charge in [0, 0.05) is 19.2 Å². The Hall–Kier alpha value is -1.62. The Balaban J connectivity index is 0.000000140. The molecule has 2 N–H and O–H groups in total. The highest BCUT2D eigenvalue weighted by Gasteiger charge is 2.02. The Morgan fingerprint density at radius 1 is 1.21 bits per heavy atom. The Bertz CT molecular complexity index is 309. The predicted octanol–water partition coefficient (Wildman–Crippen LogP) is -0.654. The lowest BCUT2D eigenvalue weighted by Gasteiger charge is -2.11. The van der Waals surface area contributed by atoms with Gasteiger partial charge in [-0.25, -0.2) is 4.79 Å². The molecule has 0 atom stereocenters. The molecular weight excluding hydrogens is 184 g/mol. The number of carbonyl (C=O) groups is 1. The Kier molecular flexibility index (Phi) is 4.43. The predicted molar refractivity (Wildman–Crippen MR) is 50.9 cm³/mol. The van der Waals surface area contributed by atoms with Gasteiger partial charge in [-0.15, -0.1) is 0 Å². The van der Waals surface area contributed by atoms with E-state index in [0.29, 0.717) is 6.54 Å². The highest BCUT2D eigenvalue weighted by Crippen LogP contribution is 1.72. The number of hydrogen-bond donors (Lipinski definition) is 2. The van der Waals surface area contributed by atoms with E-state index in [2.05, 4.69) is 15.1 Å². The molecule has 1 aliphatic heterocycles. The maximum absolute atomic E-state index is 10.3. The van der Waals surface area contributed by atoms with E-state index >= 15 is 0 Å². The number of carbonyl (C=O) groups excluding carboxylic acids is 1. The first-order valence-corrected chi connectivity index (χ1v) is 4.30. The Morgan fingerprint density at radius 2 is 2.07 bits per heavy atom. The second-order valence-corrected chi connectivity index (χ2v) is 2.65. The summed E-state index contributed by atoms with van der Waals surface area (Å²) in [5.74, 6) is 0.103. The average Bonchev–Trinajstić information content (AvgIpc) is 2.21. The van der Waals surface area contributed by atoms with Gasteiger partial charge in [0.25, 0.3) is 0 Å². The molecule has 2 heterocycles. The van der Waals surface area contributed by atoms with Crippen molar-refractivity contribution in [1.29, 1.82) is 0 Å². The topological polar surface area (TPSA) is 71.3 Å². The molecule has 1 aliphatic rings. The monoisotopic (exact) mass is 196 g/mol. The minimum absolute atomic E-state index is 0.103. The van der Waals surface area contributed by atoms with Gasteiger partial charge in [-0.2, -0.15) is 0 Å². The van der Waals surface area contributed by atoms with Crippen LogP contribution in [0.3, 0.4) is 0 Å². The van der Waals surface area contributed by atoms with Crippen molar-refractivity contribution in [3.63, 3.8) is 0 Å². The van der Waals surface area contributed by atoms with Gasteiger partial charge in [-0.3, -0.25) is 4.79 Å². The summed E-state index contributed by atoms with van der Waals surface area (Å²) in [5, 5.41) is 5.60. The van der Waals surface area contributed by atoms with E-state index in [0.717, 1.165) is 13.1 Å². The molecule has 76 valence electrons. The standard InChI is InChI=1S/C5H4O2.C4H8N2O/c6-5-3-1-2-4-7-5;7-4-3-5-1-2-6-4/h1-4H;5H,1-3H2,(H,6,7). The third-order valence-electron chi connectivity index (χ3n) is 1.52. The van der Waals surface area contributed by atoms with Gasteiger partial charge in [-0.1, -0.05) is 6.07 Å². The lowest BCUT2D eigenvalue weighted by Crippen LogP contribution is -2.44. The van der Waals surface area contributed by atoms with Gasteiger partial charge in [-0.05, 0) is 6.07 Å². The van der Waals surface area contributed by atoms with Gasteiger partial charge in [0.2, 0.25) is 5.91 Å². The van der Waals surface area contributed by atoms with Crippen molar-refractivity contribution in [3.8, 4) is 0 Å². The SMILES string of the molecule is O=C1CNCCN1.O=c1cccco1. The van der Waals surface area contributed by atoms with Crippen molar-refractivity contribution in [2.45, 2.75) is 0 Å². The molecule has 1 aromatic rings. The second kappa shape index (κ2) is 5.93. The summed E-state index contributed by atoms with van der Waals surface area (Å²) in [7, 11) is 0. The maximum Gasteiger partial charge on any atom is 0.335 e. The Morgan fingerprint density at radius 3 is 2.36 bits per heavy atom. The van der Waals surface area contributed by atoms with E-state index in [9.17, 15) is 9.59 Å². The first-order valence-electron chi connectivity index (χ1n) is 4.30. The van der Waals surface area contributed by atoms with Crippen molar-refractivity contribution >= 4 is 5.91 Å². The van der Waals surface area contributed by atoms with E-state index in [-0.39, 0.29) is 11.5 Å². The summed E-state index contributed by atoms with van der Waals surface area (Å²) < 4.78 is 4.37. The van der Waals surface area contributed by atoms with E-state index in [4.69, 9.17) is 0 Å². The molecule has 1 saturated heterocycles. The minimum atomic E-state index is -0.303. The highest BCUT2D eigenvalue weighted by atomic mass is 16.4. The van der Waals surface area contributed by atoms with Crippen LogP contribution in [0.1, 0.15) is 0 Å². The van der Waals surface area contributed by atoms with Crippen LogP contribution in [0.2, 0.25) is 0 Å². The molecule has 2 rings (SSSR count). The smallest absolute Gasteiger partial charge is 0.335 e. The summed E-state index contributed by atoms with van der Waals surface area (Å²) >= 11 is 0. The summed E-state index contributed by atoms with van der Waals surface area (Å²) in [5.41, 5.74) is -0.303. The molecule has 0 unspecified atom stereocenters. The van der Waals surface area contributed by atoms with Crippen LogP contribution in [0.25, 0.3) is 0 Å². The van der Waals surface area contributed by atoms with Crippen LogP contribution >= 0.6 is 0 Å². The fourth-order valence-corrected chi connectivity index (χ4v) is 0.880. The maximum atomic E-state index is 10.3. The molecule has 14 heavy (non-hydrogen) atoms. The molecule has 1 amide bonds. The number of rotatable bonds is 0. The lowest BCUT2D eigenvalue weighted by atomic mass is 10.4. The zero-order valence-electron chi connectivity index (χ0n) is 7.66. The molecule has 1 fully saturated rings. The van der Waals surface area contributed by atoms with E-state index < -0.39 is 0 Å². The van der Waals surface area contributed by atoms with Gasteiger partial charge < -0.3 is 15.1 Å². The molecular formula is C9H12N2O3. The zero-order chi connectivity index (χ0) is 10.2. The number of amides is 1. The Labute approximate surface area is 81.1 Å². The molecule has 0 saturated carbocycles. The van der Waals surface area contributed by atoms with Crippen LogP contribution in [0.4, 0.5) is 0 Å². The average molecular weight is 196 g/mol. The summed E-state index contributed by atoms with van der Waals surface area (Å²) in [6, 6.07) is 4.65. The van der Waals surface area contributed by atoms with Crippen molar-refractivity contribution in [3.05, 3.63) is 34.9 Å². The number of nitrogens with one attached hydrogen (secondary N) is 2. The van der Waals surface area contributed by atoms with E-state index in [1.165, 1.54) is 12.3 Å². The van der Waals surface area contributed by atoms with Crippen molar-refractivity contribution in [1.82, 2.24) is 10.6 Å². The molecule has 0 aromatic carbocycles. The number of hydrogen-bond acceptors (Lipinski definition) is 4. The summed E-state index contributed by atoms with van der Waals surface area (Å²) in [6.07, 6.45) is 1.35. The van der Waals surface area contributed by atoms with E-state index in [1.807, 2.05) is 0 Å². The van der Waals surface area contributed by atoms with Crippen LogP contribution in [-0.4, -0.2) is 25.5 Å². The summed E-state index contributed by atoms with van der Waals surface area (Å²) in [6.45, 7) is 2.17. The molecule has 0 radical (unpaired) electrons. The zero-order valence-corrected chi connectivity index (χ0v) is 7.66. The van der Waals surface area contributed by atoms with Crippen LogP contribution < -0.4 is 16.3 Å². The van der Waals surface area contributed by atoms with Crippen LogP contribution in [0, 0.1) is 0 Å². The molecule has 1 aromatic heterocycles. The van der Waals surface area contributed by atoms with E-state index in [1.54, 1.807) is 12.1 Å². The van der Waals surface area contributed by atoms with Crippen LogP contribution in [0.15, 0.2) is 33.7 Å². The van der Waals surface area contributed by atoms with Crippen molar-refractivity contribution in [2.24, 2.45) is 0 Å². The highest BCUT2D eigenvalue weighted by molar-refractivity contribution is 5.78. The summed E-state index contributed by atoms with van der Waals surface area (Å²) in [4.78, 5) is 20.4. The van der Waals surface area contributed by atoms with Gasteiger partial charge in [0.15, 0.2) is 0 Å². The molecule has 5 nitrogen and oxygen atoms in total. The van der Waals surface area contributed by atoms with Crippen LogP contribution in [-0.2, 0) is 4.79 Å². The third-order valence-corrected chi connectivity index (χ3v) is 1.52.